The first-order chi connectivity index (χ1) is 11.6. The van der Waals surface area contributed by atoms with Crippen molar-refractivity contribution in [2.24, 2.45) is 0 Å². The molecule has 0 aromatic heterocycles. The molecule has 3 aromatic rings. The quantitative estimate of drug-likeness (QED) is 0.502. The lowest BCUT2D eigenvalue weighted by atomic mass is 10.2. The SMILES string of the molecule is [2H]C([2H])(Cc1ccc(Br)cc1)[S+](c1ccccc1)c1ccccc1. The summed E-state index contributed by atoms with van der Waals surface area (Å²) in [6, 6.07) is 27.9. The maximum absolute atomic E-state index is 8.82. The number of hydrogen-bond acceptors (Lipinski definition) is 0. The highest BCUT2D eigenvalue weighted by Crippen LogP contribution is 2.24. The average molecular weight is 372 g/mol. The Morgan fingerprint density at radius 3 is 1.73 bits per heavy atom. The Morgan fingerprint density at radius 1 is 0.727 bits per heavy atom. The van der Waals surface area contributed by atoms with Gasteiger partial charge in [-0.05, 0) is 42.0 Å². The van der Waals surface area contributed by atoms with Gasteiger partial charge < -0.3 is 0 Å². The molecule has 0 amide bonds. The number of rotatable bonds is 5. The van der Waals surface area contributed by atoms with Crippen molar-refractivity contribution in [2.45, 2.75) is 16.2 Å². The summed E-state index contributed by atoms with van der Waals surface area (Å²) in [4.78, 5) is 2.07. The third-order valence-electron chi connectivity index (χ3n) is 3.29. The van der Waals surface area contributed by atoms with Gasteiger partial charge >= 0.3 is 0 Å². The highest BCUT2D eigenvalue weighted by molar-refractivity contribution is 9.10. The Labute approximate surface area is 146 Å². The van der Waals surface area contributed by atoms with Gasteiger partial charge in [0.05, 0.1) is 13.6 Å². The lowest BCUT2D eigenvalue weighted by Gasteiger charge is -2.08. The van der Waals surface area contributed by atoms with Crippen LogP contribution < -0.4 is 0 Å². The summed E-state index contributed by atoms with van der Waals surface area (Å²) in [5.41, 5.74) is -0.358. The lowest BCUT2D eigenvalue weighted by Crippen LogP contribution is -2.11. The van der Waals surface area contributed by atoms with Crippen molar-refractivity contribution in [3.63, 3.8) is 0 Å². The van der Waals surface area contributed by atoms with Crippen molar-refractivity contribution in [1.82, 2.24) is 0 Å². The molecule has 3 rings (SSSR count). The van der Waals surface area contributed by atoms with E-state index in [1.807, 2.05) is 84.9 Å². The fourth-order valence-electron chi connectivity index (χ4n) is 2.17. The zero-order chi connectivity index (χ0) is 17.0. The first-order valence-electron chi connectivity index (χ1n) is 8.15. The minimum Gasteiger partial charge on any atom is -0.0619 e. The minimum atomic E-state index is -1.36. The van der Waals surface area contributed by atoms with E-state index < -0.39 is 16.6 Å². The van der Waals surface area contributed by atoms with Crippen LogP contribution in [0, 0.1) is 0 Å². The van der Waals surface area contributed by atoms with Gasteiger partial charge in [-0.25, -0.2) is 0 Å². The van der Waals surface area contributed by atoms with E-state index in [0.717, 1.165) is 19.8 Å². The van der Waals surface area contributed by atoms with Crippen LogP contribution in [-0.4, -0.2) is 5.70 Å². The summed E-state index contributed by atoms with van der Waals surface area (Å²) in [5.74, 6) is 0. The maximum atomic E-state index is 8.82. The van der Waals surface area contributed by atoms with Gasteiger partial charge in [0.15, 0.2) is 9.79 Å². The molecule has 0 bridgehead atoms. The van der Waals surface area contributed by atoms with E-state index in [1.54, 1.807) is 0 Å². The monoisotopic (exact) mass is 371 g/mol. The molecule has 3 aromatic carbocycles. The predicted molar refractivity (Wildman–Crippen MR) is 99.5 cm³/mol. The molecule has 0 saturated carbocycles. The van der Waals surface area contributed by atoms with E-state index in [9.17, 15) is 0 Å². The summed E-state index contributed by atoms with van der Waals surface area (Å²) in [5, 5.41) is 0. The second-order valence-corrected chi connectivity index (χ2v) is 7.64. The Morgan fingerprint density at radius 2 is 1.23 bits per heavy atom. The van der Waals surface area contributed by atoms with Crippen LogP contribution in [0.2, 0.25) is 0 Å². The molecule has 0 heterocycles. The third kappa shape index (κ3) is 4.02. The molecule has 0 aliphatic carbocycles. The van der Waals surface area contributed by atoms with Crippen LogP contribution in [0.15, 0.2) is 99.2 Å². The molecule has 0 unspecified atom stereocenters. The highest BCUT2D eigenvalue weighted by atomic mass is 79.9. The molecule has 22 heavy (non-hydrogen) atoms. The Hall–Kier alpha value is -1.51. The fraction of sp³-hybridized carbons (Fsp3) is 0.100. The van der Waals surface area contributed by atoms with Crippen molar-refractivity contribution >= 4 is 26.8 Å². The molecular weight excluding hydrogens is 352 g/mol. The molecule has 0 fully saturated rings. The van der Waals surface area contributed by atoms with E-state index in [1.165, 1.54) is 0 Å². The number of benzene rings is 3. The molecular formula is C20H18BrS+. The van der Waals surface area contributed by atoms with Crippen LogP contribution >= 0.6 is 15.9 Å². The highest BCUT2D eigenvalue weighted by Gasteiger charge is 2.24. The molecule has 0 saturated heterocycles. The van der Waals surface area contributed by atoms with Crippen LogP contribution in [0.4, 0.5) is 0 Å². The predicted octanol–water partition coefficient (Wildman–Crippen LogP) is 5.73. The minimum absolute atomic E-state index is 0.382. The van der Waals surface area contributed by atoms with Gasteiger partial charge in [0.25, 0.3) is 0 Å². The van der Waals surface area contributed by atoms with Gasteiger partial charge in [-0.3, -0.25) is 0 Å². The normalized spacial score (nSPS) is 12.8. The Kier molecular flexibility index (Phi) is 4.52. The molecule has 0 N–H and O–H groups in total. The van der Waals surface area contributed by atoms with Crippen LogP contribution in [0.3, 0.4) is 0 Å². The third-order valence-corrected chi connectivity index (χ3v) is 5.74. The van der Waals surface area contributed by atoms with Gasteiger partial charge in [0.2, 0.25) is 0 Å². The van der Waals surface area contributed by atoms with E-state index >= 15 is 0 Å². The van der Waals surface area contributed by atoms with Gasteiger partial charge in [-0.2, -0.15) is 0 Å². The van der Waals surface area contributed by atoms with Crippen LogP contribution in [0.25, 0.3) is 0 Å². The van der Waals surface area contributed by atoms with Gasteiger partial charge in [0, 0.05) is 10.9 Å². The smallest absolute Gasteiger partial charge is 0.0619 e. The molecule has 0 radical (unpaired) electrons. The van der Waals surface area contributed by atoms with E-state index in [-0.39, 0.29) is 0 Å². The number of halogens is 1. The van der Waals surface area contributed by atoms with Crippen LogP contribution in [-0.2, 0) is 17.3 Å². The summed E-state index contributed by atoms with van der Waals surface area (Å²) >= 11 is 3.44. The maximum Gasteiger partial charge on any atom is 0.160 e. The molecule has 110 valence electrons. The summed E-state index contributed by atoms with van der Waals surface area (Å²) in [7, 11) is -0.646. The van der Waals surface area contributed by atoms with Gasteiger partial charge in [0.1, 0.15) is 5.70 Å². The second kappa shape index (κ2) is 7.66. The largest absolute Gasteiger partial charge is 0.160 e. The summed E-state index contributed by atoms with van der Waals surface area (Å²) < 4.78 is 18.6. The van der Waals surface area contributed by atoms with Gasteiger partial charge in [-0.1, -0.05) is 64.5 Å². The fourth-order valence-corrected chi connectivity index (χ4v) is 4.21. The van der Waals surface area contributed by atoms with E-state index in [4.69, 9.17) is 2.74 Å². The van der Waals surface area contributed by atoms with Crippen LogP contribution in [0.5, 0.6) is 0 Å². The lowest BCUT2D eigenvalue weighted by molar-refractivity contribution is 1.13. The standard InChI is InChI=1S/C20H18BrS/c21-18-13-11-17(12-14-18)15-16-22(19-7-3-1-4-8-19)20-9-5-2-6-10-20/h1-14H,15-16H2/q+1/i16D2. The van der Waals surface area contributed by atoms with Crippen molar-refractivity contribution in [2.75, 3.05) is 5.70 Å². The zero-order valence-electron chi connectivity index (χ0n) is 14.1. The molecule has 0 spiro atoms. The molecule has 0 nitrogen and oxygen atoms in total. The Balaban J connectivity index is 1.99. The zero-order valence-corrected chi connectivity index (χ0v) is 14.5. The molecule has 0 atom stereocenters. The number of aryl methyl sites for hydroxylation is 1. The van der Waals surface area contributed by atoms with Crippen molar-refractivity contribution < 1.29 is 2.74 Å². The van der Waals surface area contributed by atoms with Crippen molar-refractivity contribution in [1.29, 1.82) is 0 Å². The van der Waals surface area contributed by atoms with Gasteiger partial charge in [-0.15, -0.1) is 0 Å². The second-order valence-electron chi connectivity index (χ2n) is 4.88. The summed E-state index contributed by atoms with van der Waals surface area (Å²) in [6.07, 6.45) is 0.382. The first kappa shape index (κ1) is 13.0. The van der Waals surface area contributed by atoms with Crippen molar-refractivity contribution in [3.05, 3.63) is 95.0 Å². The number of hydrogen-bond donors (Lipinski definition) is 0. The van der Waals surface area contributed by atoms with E-state index in [0.29, 0.717) is 6.42 Å². The molecule has 0 aliphatic heterocycles. The molecule has 0 aliphatic rings. The average Bonchev–Trinajstić information content (AvgIpc) is 2.59. The van der Waals surface area contributed by atoms with Crippen LogP contribution in [0.1, 0.15) is 8.30 Å². The Bertz CT molecular complexity index is 734. The first-order valence-corrected chi connectivity index (χ1v) is 9.17. The van der Waals surface area contributed by atoms with Crippen molar-refractivity contribution in [3.8, 4) is 0 Å². The topological polar surface area (TPSA) is 0 Å². The summed E-state index contributed by atoms with van der Waals surface area (Å²) in [6.45, 7) is 0. The molecule has 2 heteroatoms. The van der Waals surface area contributed by atoms with E-state index in [2.05, 4.69) is 15.9 Å².